The van der Waals surface area contributed by atoms with Crippen molar-refractivity contribution in [3.05, 3.63) is 59.1 Å². The molecule has 5 aromatic rings. The summed E-state index contributed by atoms with van der Waals surface area (Å²) in [4.78, 5) is 3.46. The number of para-hydroxylation sites is 1. The van der Waals surface area contributed by atoms with Crippen LogP contribution in [0, 0.1) is 0 Å². The number of aromatic nitrogens is 1. The number of benzene rings is 3. The fourth-order valence-electron chi connectivity index (χ4n) is 3.09. The van der Waals surface area contributed by atoms with Crippen LogP contribution in [0.25, 0.3) is 43.7 Å². The van der Waals surface area contributed by atoms with Gasteiger partial charge >= 0.3 is 0 Å². The third-order valence-corrected chi connectivity index (χ3v) is 4.55. The molecule has 2 nitrogen and oxygen atoms in total. The van der Waals surface area contributed by atoms with Crippen LogP contribution in [0.15, 0.2) is 63.5 Å². The van der Waals surface area contributed by atoms with Gasteiger partial charge in [0, 0.05) is 37.6 Å². The van der Waals surface area contributed by atoms with Crippen molar-refractivity contribution in [3.63, 3.8) is 0 Å². The number of aromatic amines is 1. The lowest BCUT2D eigenvalue weighted by Gasteiger charge is -1.93. The summed E-state index contributed by atoms with van der Waals surface area (Å²) in [5.74, 6) is 0. The Bertz CT molecular complexity index is 1150. The molecule has 0 unspecified atom stereocenters. The molecule has 1 N–H and O–H groups in total. The number of halogens is 1. The van der Waals surface area contributed by atoms with Crippen molar-refractivity contribution in [3.8, 4) is 0 Å². The van der Waals surface area contributed by atoms with Gasteiger partial charge in [0.2, 0.25) is 0 Å². The van der Waals surface area contributed by atoms with E-state index in [2.05, 4.69) is 57.3 Å². The van der Waals surface area contributed by atoms with Gasteiger partial charge < -0.3 is 9.40 Å². The molecule has 0 aliphatic heterocycles. The van der Waals surface area contributed by atoms with E-state index in [-0.39, 0.29) is 0 Å². The molecule has 0 saturated heterocycles. The van der Waals surface area contributed by atoms with E-state index in [1.54, 1.807) is 0 Å². The number of hydrogen-bond acceptors (Lipinski definition) is 1. The van der Waals surface area contributed by atoms with Crippen LogP contribution >= 0.6 is 15.9 Å². The average Bonchev–Trinajstić information content (AvgIpc) is 3.02. The molecule has 100 valence electrons. The Balaban J connectivity index is 2.03. The normalized spacial score (nSPS) is 12.0. The predicted octanol–water partition coefficient (Wildman–Crippen LogP) is 5.98. The minimum Gasteiger partial charge on any atom is -0.456 e. The Kier molecular flexibility index (Phi) is 2.11. The summed E-state index contributed by atoms with van der Waals surface area (Å²) in [7, 11) is 0. The second-order valence-electron chi connectivity index (χ2n) is 5.31. The highest BCUT2D eigenvalue weighted by molar-refractivity contribution is 9.10. The number of nitrogens with one attached hydrogen (secondary N) is 1. The molecule has 2 heterocycles. The van der Waals surface area contributed by atoms with Gasteiger partial charge in [0.1, 0.15) is 11.2 Å². The van der Waals surface area contributed by atoms with E-state index >= 15 is 0 Å². The van der Waals surface area contributed by atoms with E-state index in [1.165, 1.54) is 21.5 Å². The summed E-state index contributed by atoms with van der Waals surface area (Å²) in [6.45, 7) is 0. The van der Waals surface area contributed by atoms with Crippen LogP contribution in [0.5, 0.6) is 0 Å². The zero-order valence-corrected chi connectivity index (χ0v) is 12.6. The predicted molar refractivity (Wildman–Crippen MR) is 90.8 cm³/mol. The first-order valence-electron chi connectivity index (χ1n) is 6.82. The zero-order chi connectivity index (χ0) is 14.0. The molecule has 5 rings (SSSR count). The van der Waals surface area contributed by atoms with Crippen molar-refractivity contribution in [2.75, 3.05) is 0 Å². The quantitative estimate of drug-likeness (QED) is 0.370. The van der Waals surface area contributed by atoms with Gasteiger partial charge in [-0.2, -0.15) is 0 Å². The molecule has 0 aliphatic carbocycles. The van der Waals surface area contributed by atoms with E-state index < -0.39 is 0 Å². The van der Waals surface area contributed by atoms with E-state index in [9.17, 15) is 0 Å². The highest BCUT2D eigenvalue weighted by Gasteiger charge is 2.11. The van der Waals surface area contributed by atoms with Crippen LogP contribution in [-0.2, 0) is 0 Å². The second kappa shape index (κ2) is 3.89. The van der Waals surface area contributed by atoms with Crippen LogP contribution in [0.1, 0.15) is 0 Å². The molecule has 2 aromatic heterocycles. The largest absolute Gasteiger partial charge is 0.456 e. The fourth-order valence-corrected chi connectivity index (χ4v) is 3.45. The summed E-state index contributed by atoms with van der Waals surface area (Å²) in [6.07, 6.45) is 0. The third kappa shape index (κ3) is 1.52. The van der Waals surface area contributed by atoms with Gasteiger partial charge in [-0.05, 0) is 30.3 Å². The van der Waals surface area contributed by atoms with Crippen LogP contribution < -0.4 is 0 Å². The maximum absolute atomic E-state index is 5.95. The summed E-state index contributed by atoms with van der Waals surface area (Å²) < 4.78 is 7.04. The summed E-state index contributed by atoms with van der Waals surface area (Å²) in [5, 5.41) is 4.79. The Morgan fingerprint density at radius 1 is 0.714 bits per heavy atom. The van der Waals surface area contributed by atoms with Crippen molar-refractivity contribution in [2.45, 2.75) is 0 Å². The topological polar surface area (TPSA) is 28.9 Å². The average molecular weight is 336 g/mol. The summed E-state index contributed by atoms with van der Waals surface area (Å²) >= 11 is 3.55. The summed E-state index contributed by atoms with van der Waals surface area (Å²) in [5.41, 5.74) is 4.11. The lowest BCUT2D eigenvalue weighted by Crippen LogP contribution is -1.69. The molecule has 0 saturated carbocycles. The van der Waals surface area contributed by atoms with Crippen molar-refractivity contribution in [2.24, 2.45) is 0 Å². The SMILES string of the molecule is Brc1ccc2[nH]c3cc4oc5ccccc5c4cc3c2c1. The molecule has 0 amide bonds. The molecule has 21 heavy (non-hydrogen) atoms. The Labute approximate surface area is 128 Å². The number of rotatable bonds is 0. The van der Waals surface area contributed by atoms with Gasteiger partial charge in [0.25, 0.3) is 0 Å². The Hall–Kier alpha value is -2.26. The molecule has 0 radical (unpaired) electrons. The Morgan fingerprint density at radius 2 is 1.57 bits per heavy atom. The molecule has 0 bridgehead atoms. The molecular weight excluding hydrogens is 326 g/mol. The van der Waals surface area contributed by atoms with Gasteiger partial charge in [-0.15, -0.1) is 0 Å². The minimum absolute atomic E-state index is 0.925. The molecule has 0 aliphatic rings. The first-order chi connectivity index (χ1) is 10.3. The van der Waals surface area contributed by atoms with E-state index in [0.717, 1.165) is 26.7 Å². The van der Waals surface area contributed by atoms with Gasteiger partial charge in [-0.1, -0.05) is 34.1 Å². The van der Waals surface area contributed by atoms with Gasteiger partial charge in [-0.25, -0.2) is 0 Å². The minimum atomic E-state index is 0.925. The van der Waals surface area contributed by atoms with E-state index in [4.69, 9.17) is 4.42 Å². The number of hydrogen-bond donors (Lipinski definition) is 1. The zero-order valence-electron chi connectivity index (χ0n) is 11.0. The molecule has 3 aromatic carbocycles. The smallest absolute Gasteiger partial charge is 0.137 e. The van der Waals surface area contributed by atoms with Crippen LogP contribution in [0.2, 0.25) is 0 Å². The van der Waals surface area contributed by atoms with Crippen LogP contribution in [0.3, 0.4) is 0 Å². The number of fused-ring (bicyclic) bond motifs is 6. The monoisotopic (exact) mass is 335 g/mol. The molecule has 0 spiro atoms. The molecular formula is C18H10BrNO. The lowest BCUT2D eigenvalue weighted by atomic mass is 10.1. The van der Waals surface area contributed by atoms with Crippen molar-refractivity contribution in [1.29, 1.82) is 0 Å². The van der Waals surface area contributed by atoms with Crippen molar-refractivity contribution < 1.29 is 4.42 Å². The van der Waals surface area contributed by atoms with Crippen LogP contribution in [-0.4, -0.2) is 4.98 Å². The molecule has 3 heteroatoms. The maximum atomic E-state index is 5.95. The third-order valence-electron chi connectivity index (χ3n) is 4.06. The standard InChI is InChI=1S/C18H10BrNO/c19-10-5-6-15-12(7-10)13-8-14-11-3-1-2-4-17(11)21-18(14)9-16(13)20-15/h1-9,20H. The van der Waals surface area contributed by atoms with Crippen molar-refractivity contribution in [1.82, 2.24) is 4.98 Å². The first-order valence-corrected chi connectivity index (χ1v) is 7.61. The lowest BCUT2D eigenvalue weighted by molar-refractivity contribution is 0.669. The summed E-state index contributed by atoms with van der Waals surface area (Å²) in [6, 6.07) is 18.8. The fraction of sp³-hybridized carbons (Fsp3) is 0. The van der Waals surface area contributed by atoms with Gasteiger partial charge in [0.05, 0.1) is 5.52 Å². The van der Waals surface area contributed by atoms with E-state index in [0.29, 0.717) is 0 Å². The highest BCUT2D eigenvalue weighted by atomic mass is 79.9. The highest BCUT2D eigenvalue weighted by Crippen LogP contribution is 2.35. The maximum Gasteiger partial charge on any atom is 0.137 e. The Morgan fingerprint density at radius 3 is 2.52 bits per heavy atom. The molecule has 0 atom stereocenters. The second-order valence-corrected chi connectivity index (χ2v) is 6.22. The first kappa shape index (κ1) is 11.4. The van der Waals surface area contributed by atoms with Gasteiger partial charge in [0.15, 0.2) is 0 Å². The van der Waals surface area contributed by atoms with E-state index in [1.807, 2.05) is 18.2 Å². The molecule has 0 fully saturated rings. The van der Waals surface area contributed by atoms with Crippen molar-refractivity contribution >= 4 is 59.7 Å². The van der Waals surface area contributed by atoms with Gasteiger partial charge in [-0.3, -0.25) is 0 Å². The van der Waals surface area contributed by atoms with Crippen LogP contribution in [0.4, 0.5) is 0 Å². The number of furan rings is 1. The number of H-pyrrole nitrogens is 1.